The Morgan fingerprint density at radius 1 is 0.971 bits per heavy atom. The van der Waals surface area contributed by atoms with E-state index in [1.807, 2.05) is 30.3 Å². The van der Waals surface area contributed by atoms with Crippen LogP contribution < -0.4 is 10.6 Å². The van der Waals surface area contributed by atoms with Gasteiger partial charge in [-0.25, -0.2) is 4.98 Å². The highest BCUT2D eigenvalue weighted by molar-refractivity contribution is 7.70. The lowest BCUT2D eigenvalue weighted by Crippen LogP contribution is -2.43. The van der Waals surface area contributed by atoms with E-state index < -0.39 is 7.14 Å². The lowest BCUT2D eigenvalue weighted by atomic mass is 10.1. The highest BCUT2D eigenvalue weighted by atomic mass is 31.2. The number of likely N-dealkylation sites (N-methyl/N-ethyl adjacent to an activating group) is 1. The van der Waals surface area contributed by atoms with Crippen LogP contribution in [0.3, 0.4) is 0 Å². The number of hydrogen-bond acceptors (Lipinski definition) is 5. The summed E-state index contributed by atoms with van der Waals surface area (Å²) in [6.45, 7) is 9.11. The van der Waals surface area contributed by atoms with Crippen molar-refractivity contribution in [1.82, 2.24) is 19.8 Å². The molecule has 3 heterocycles. The molecule has 176 valence electrons. The van der Waals surface area contributed by atoms with Crippen molar-refractivity contribution in [2.45, 2.75) is 6.54 Å². The number of fused-ring (bicyclic) bond motifs is 1. The Kier molecular flexibility index (Phi) is 6.30. The monoisotopic (exact) mass is 473 g/mol. The number of nitrogens with zero attached hydrogens (tertiary/aromatic N) is 3. The number of anilines is 2. The normalized spacial score (nSPS) is 15.6. The van der Waals surface area contributed by atoms with Crippen LogP contribution in [-0.4, -0.2) is 66.3 Å². The first kappa shape index (κ1) is 22.9. The molecule has 2 aromatic heterocycles. The second-order valence-corrected chi connectivity index (χ2v) is 12.8. The summed E-state index contributed by atoms with van der Waals surface area (Å²) >= 11 is 0. The van der Waals surface area contributed by atoms with Crippen LogP contribution in [0, 0.1) is 0 Å². The molecule has 0 spiro atoms. The van der Waals surface area contributed by atoms with Gasteiger partial charge in [-0.2, -0.15) is 0 Å². The Morgan fingerprint density at radius 3 is 2.44 bits per heavy atom. The molecule has 4 aromatic rings. The van der Waals surface area contributed by atoms with Crippen LogP contribution >= 0.6 is 7.14 Å². The van der Waals surface area contributed by atoms with Crippen molar-refractivity contribution in [3.05, 3.63) is 72.4 Å². The van der Waals surface area contributed by atoms with E-state index in [2.05, 4.69) is 62.5 Å². The molecule has 0 atom stereocenters. The molecule has 5 rings (SSSR count). The van der Waals surface area contributed by atoms with E-state index in [-0.39, 0.29) is 0 Å². The molecule has 6 nitrogen and oxygen atoms in total. The van der Waals surface area contributed by atoms with Crippen molar-refractivity contribution < 1.29 is 4.57 Å². The van der Waals surface area contributed by atoms with E-state index in [0.29, 0.717) is 0 Å². The fraction of sp³-hybridized carbons (Fsp3) is 0.296. The molecule has 0 amide bonds. The molecule has 1 saturated heterocycles. The number of para-hydroxylation sites is 1. The first-order chi connectivity index (χ1) is 16.4. The van der Waals surface area contributed by atoms with Gasteiger partial charge >= 0.3 is 0 Å². The molecule has 0 unspecified atom stereocenters. The van der Waals surface area contributed by atoms with Gasteiger partial charge in [0.25, 0.3) is 0 Å². The molecular weight excluding hydrogens is 441 g/mol. The van der Waals surface area contributed by atoms with E-state index >= 15 is 0 Å². The second-order valence-electron chi connectivity index (χ2n) is 9.57. The zero-order chi connectivity index (χ0) is 23.7. The first-order valence-electron chi connectivity index (χ1n) is 11.8. The Hall–Kier alpha value is -2.92. The number of aromatic nitrogens is 2. The molecule has 1 aliphatic heterocycles. The summed E-state index contributed by atoms with van der Waals surface area (Å²) in [7, 11) is -0.221. The van der Waals surface area contributed by atoms with Gasteiger partial charge in [0.05, 0.1) is 5.69 Å². The van der Waals surface area contributed by atoms with Gasteiger partial charge in [0.15, 0.2) is 0 Å². The molecule has 2 aromatic carbocycles. The van der Waals surface area contributed by atoms with Crippen molar-refractivity contribution in [1.29, 1.82) is 0 Å². The maximum absolute atomic E-state index is 12.8. The Labute approximate surface area is 201 Å². The van der Waals surface area contributed by atoms with Gasteiger partial charge in [0.2, 0.25) is 0 Å². The summed E-state index contributed by atoms with van der Waals surface area (Å²) in [6.07, 6.45) is 1.80. The first-order valence-corrected chi connectivity index (χ1v) is 14.4. The van der Waals surface area contributed by atoms with Gasteiger partial charge in [-0.3, -0.25) is 4.90 Å². The highest BCUT2D eigenvalue weighted by Gasteiger charge is 2.17. The van der Waals surface area contributed by atoms with E-state index in [4.69, 9.17) is 0 Å². The molecule has 7 heteroatoms. The molecule has 0 aliphatic carbocycles. The number of piperazine rings is 1. The lowest BCUT2D eigenvalue weighted by Gasteiger charge is -2.32. The molecule has 34 heavy (non-hydrogen) atoms. The number of benzene rings is 2. The molecule has 1 aliphatic rings. The number of pyridine rings is 1. The zero-order valence-corrected chi connectivity index (χ0v) is 21.0. The third kappa shape index (κ3) is 4.95. The fourth-order valence-corrected chi connectivity index (χ4v) is 5.69. The van der Waals surface area contributed by atoms with Gasteiger partial charge < -0.3 is 19.8 Å². The summed E-state index contributed by atoms with van der Waals surface area (Å²) < 4.78 is 12.8. The van der Waals surface area contributed by atoms with E-state index in [1.165, 1.54) is 5.56 Å². The van der Waals surface area contributed by atoms with Crippen LogP contribution in [-0.2, 0) is 11.1 Å². The van der Waals surface area contributed by atoms with Crippen molar-refractivity contribution in [3.8, 4) is 11.3 Å². The Balaban J connectivity index is 1.38. The summed E-state index contributed by atoms with van der Waals surface area (Å²) in [4.78, 5) is 12.9. The molecule has 1 fully saturated rings. The second kappa shape index (κ2) is 9.38. The molecule has 0 bridgehead atoms. The quantitative estimate of drug-likeness (QED) is 0.387. The SMILES string of the molecule is CN1CCN(Cc2ccc(-c3cc4c(Nc5ccccc5P(C)(C)=O)ccnc4[nH]3)cc2)CC1. The smallest absolute Gasteiger partial charge is 0.139 e. The fourth-order valence-electron chi connectivity index (χ4n) is 4.54. The average Bonchev–Trinajstić information content (AvgIpc) is 3.26. The lowest BCUT2D eigenvalue weighted by molar-refractivity contribution is 0.148. The zero-order valence-electron chi connectivity index (χ0n) is 20.1. The average molecular weight is 474 g/mol. The molecule has 2 N–H and O–H groups in total. The van der Waals surface area contributed by atoms with Gasteiger partial charge in [0.1, 0.15) is 12.8 Å². The number of nitrogens with one attached hydrogen (secondary N) is 2. The van der Waals surface area contributed by atoms with Gasteiger partial charge in [0, 0.05) is 61.0 Å². The van der Waals surface area contributed by atoms with E-state index in [9.17, 15) is 4.57 Å². The van der Waals surface area contributed by atoms with Crippen molar-refractivity contribution >= 4 is 34.9 Å². The minimum Gasteiger partial charge on any atom is -0.354 e. The topological polar surface area (TPSA) is 64.3 Å². The van der Waals surface area contributed by atoms with Crippen LogP contribution in [0.25, 0.3) is 22.3 Å². The number of H-pyrrole nitrogens is 1. The minimum absolute atomic E-state index is 0.829. The number of hydrogen-bond donors (Lipinski definition) is 2. The molecule has 0 radical (unpaired) electrons. The van der Waals surface area contributed by atoms with Crippen LogP contribution in [0.4, 0.5) is 11.4 Å². The van der Waals surface area contributed by atoms with Crippen LogP contribution in [0.5, 0.6) is 0 Å². The maximum Gasteiger partial charge on any atom is 0.139 e. The summed E-state index contributed by atoms with van der Waals surface area (Å²) in [5.41, 5.74) is 6.16. The molecule has 0 saturated carbocycles. The van der Waals surface area contributed by atoms with Crippen molar-refractivity contribution in [2.24, 2.45) is 0 Å². The summed E-state index contributed by atoms with van der Waals surface area (Å²) in [6, 6.07) is 20.7. The third-order valence-corrected chi connectivity index (χ3v) is 8.10. The largest absolute Gasteiger partial charge is 0.354 e. The highest BCUT2D eigenvalue weighted by Crippen LogP contribution is 2.39. The van der Waals surface area contributed by atoms with Crippen LogP contribution in [0.1, 0.15) is 5.56 Å². The maximum atomic E-state index is 12.8. The van der Waals surface area contributed by atoms with Gasteiger partial charge in [-0.05, 0) is 55.8 Å². The van der Waals surface area contributed by atoms with E-state index in [0.717, 1.165) is 71.7 Å². The summed E-state index contributed by atoms with van der Waals surface area (Å²) in [5, 5.41) is 5.37. The Bertz CT molecular complexity index is 1330. The predicted molar refractivity (Wildman–Crippen MR) is 143 cm³/mol. The van der Waals surface area contributed by atoms with Crippen LogP contribution in [0.15, 0.2) is 66.9 Å². The van der Waals surface area contributed by atoms with Crippen LogP contribution in [0.2, 0.25) is 0 Å². The third-order valence-electron chi connectivity index (χ3n) is 6.55. The van der Waals surface area contributed by atoms with Gasteiger partial charge in [-0.1, -0.05) is 36.4 Å². The van der Waals surface area contributed by atoms with E-state index in [1.54, 1.807) is 19.5 Å². The number of aromatic amines is 1. The molecular formula is C27H32N5OP. The Morgan fingerprint density at radius 2 is 1.71 bits per heavy atom. The van der Waals surface area contributed by atoms with Gasteiger partial charge in [-0.15, -0.1) is 0 Å². The standard InChI is InChI=1S/C27H32N5OP/c1-31-14-16-32(17-15-31)19-20-8-10-21(11-9-20)25-18-22-23(12-13-28-27(22)30-25)29-24-6-4-5-7-26(24)34(2,3)33/h4-13,18H,14-17,19H2,1-3H3,(H2,28,29,30). The predicted octanol–water partition coefficient (Wildman–Crippen LogP) is 4.97. The van der Waals surface area contributed by atoms with Crippen molar-refractivity contribution in [3.63, 3.8) is 0 Å². The summed E-state index contributed by atoms with van der Waals surface area (Å²) in [5.74, 6) is 0. The van der Waals surface area contributed by atoms with Crippen molar-refractivity contribution in [2.75, 3.05) is 51.9 Å². The number of rotatable bonds is 6. The minimum atomic E-state index is -2.41.